The van der Waals surface area contributed by atoms with E-state index in [-0.39, 0.29) is 5.78 Å². The molecule has 0 bridgehead atoms. The highest BCUT2D eigenvalue weighted by Gasteiger charge is 2.33. The number of allylic oxidation sites excluding steroid dienone is 1. The molecule has 1 heterocycles. The highest BCUT2D eigenvalue weighted by Crippen LogP contribution is 2.50. The first-order chi connectivity index (χ1) is 11.7. The summed E-state index contributed by atoms with van der Waals surface area (Å²) in [7, 11) is 2.07. The average Bonchev–Trinajstić information content (AvgIpc) is 3.13. The van der Waals surface area contributed by atoms with E-state index in [9.17, 15) is 4.79 Å². The van der Waals surface area contributed by atoms with E-state index in [2.05, 4.69) is 54.4 Å². The first-order valence-electron chi connectivity index (χ1n) is 8.03. The second-order valence-electron chi connectivity index (χ2n) is 6.24. The van der Waals surface area contributed by atoms with Crippen LogP contribution in [0.1, 0.15) is 15.9 Å². The number of hydrogen-bond donors (Lipinski definition) is 0. The van der Waals surface area contributed by atoms with Crippen molar-refractivity contribution in [3.8, 4) is 0 Å². The van der Waals surface area contributed by atoms with Crippen LogP contribution >= 0.6 is 11.8 Å². The number of benzene rings is 3. The van der Waals surface area contributed by atoms with Crippen molar-refractivity contribution in [3.63, 3.8) is 0 Å². The molecule has 0 unspecified atom stereocenters. The summed E-state index contributed by atoms with van der Waals surface area (Å²) in [6.07, 6.45) is 0.730. The predicted molar refractivity (Wildman–Crippen MR) is 99.7 cm³/mol. The van der Waals surface area contributed by atoms with Gasteiger partial charge in [0.15, 0.2) is 5.78 Å². The molecule has 0 N–H and O–H groups in total. The SMILES string of the molecule is CN1/C(=C2/Cc3ccccc3C2=O)Sc2ccc3ccccc3c21. The fourth-order valence-electron chi connectivity index (χ4n) is 3.70. The molecule has 0 amide bonds. The zero-order valence-corrected chi connectivity index (χ0v) is 14.1. The number of hydrogen-bond acceptors (Lipinski definition) is 3. The zero-order valence-electron chi connectivity index (χ0n) is 13.2. The molecule has 0 aromatic heterocycles. The lowest BCUT2D eigenvalue weighted by molar-refractivity contribution is 0.103. The number of nitrogens with zero attached hydrogens (tertiary/aromatic N) is 1. The second-order valence-corrected chi connectivity index (χ2v) is 7.27. The molecule has 0 spiro atoms. The van der Waals surface area contributed by atoms with Gasteiger partial charge in [-0.2, -0.15) is 0 Å². The van der Waals surface area contributed by atoms with Crippen molar-refractivity contribution in [2.75, 3.05) is 11.9 Å². The standard InChI is InChI=1S/C21H15NOS/c1-22-19-15-8-4-2-6-13(15)10-11-18(19)24-21(22)17-12-14-7-3-5-9-16(14)20(17)23/h2-11H,12H2,1H3/b21-17+. The van der Waals surface area contributed by atoms with Gasteiger partial charge in [-0.1, -0.05) is 66.4 Å². The number of Topliss-reactive ketones (excluding diaryl/α,β-unsaturated/α-hetero) is 1. The summed E-state index contributed by atoms with van der Waals surface area (Å²) in [4.78, 5) is 16.3. The van der Waals surface area contributed by atoms with Gasteiger partial charge in [0, 0.05) is 34.9 Å². The zero-order chi connectivity index (χ0) is 16.3. The van der Waals surface area contributed by atoms with Gasteiger partial charge < -0.3 is 4.90 Å². The normalized spacial score (nSPS) is 19.0. The number of thioether (sulfide) groups is 1. The summed E-state index contributed by atoms with van der Waals surface area (Å²) < 4.78 is 0. The Morgan fingerprint density at radius 2 is 1.75 bits per heavy atom. The molecular weight excluding hydrogens is 314 g/mol. The third kappa shape index (κ3) is 1.82. The molecule has 0 saturated heterocycles. The topological polar surface area (TPSA) is 20.3 Å². The number of anilines is 1. The molecule has 0 saturated carbocycles. The fourth-order valence-corrected chi connectivity index (χ4v) is 4.91. The van der Waals surface area contributed by atoms with E-state index in [1.807, 2.05) is 18.2 Å². The Morgan fingerprint density at radius 1 is 0.958 bits per heavy atom. The van der Waals surface area contributed by atoms with Gasteiger partial charge in [-0.3, -0.25) is 4.79 Å². The molecule has 5 rings (SSSR count). The monoisotopic (exact) mass is 329 g/mol. The smallest absolute Gasteiger partial charge is 0.192 e. The molecule has 3 heteroatoms. The highest BCUT2D eigenvalue weighted by molar-refractivity contribution is 8.03. The van der Waals surface area contributed by atoms with Crippen LogP contribution in [0.5, 0.6) is 0 Å². The van der Waals surface area contributed by atoms with Crippen molar-refractivity contribution in [1.29, 1.82) is 0 Å². The maximum atomic E-state index is 12.8. The van der Waals surface area contributed by atoms with Crippen molar-refractivity contribution in [1.82, 2.24) is 0 Å². The van der Waals surface area contributed by atoms with Crippen LogP contribution in [-0.4, -0.2) is 12.8 Å². The van der Waals surface area contributed by atoms with Gasteiger partial charge in [-0.25, -0.2) is 0 Å². The van der Waals surface area contributed by atoms with Crippen LogP contribution in [0.4, 0.5) is 5.69 Å². The summed E-state index contributed by atoms with van der Waals surface area (Å²) in [5, 5.41) is 3.54. The van der Waals surface area contributed by atoms with Crippen molar-refractivity contribution in [3.05, 3.63) is 82.4 Å². The molecule has 24 heavy (non-hydrogen) atoms. The van der Waals surface area contributed by atoms with Crippen LogP contribution in [0, 0.1) is 0 Å². The van der Waals surface area contributed by atoms with Crippen molar-refractivity contribution >= 4 is 34.0 Å². The van der Waals surface area contributed by atoms with Gasteiger partial charge in [0.1, 0.15) is 0 Å². The lowest BCUT2D eigenvalue weighted by atomic mass is 10.1. The maximum absolute atomic E-state index is 12.8. The predicted octanol–water partition coefficient (Wildman–Crippen LogP) is 5.03. The van der Waals surface area contributed by atoms with E-state index < -0.39 is 0 Å². The first-order valence-corrected chi connectivity index (χ1v) is 8.85. The summed E-state index contributed by atoms with van der Waals surface area (Å²) in [6, 6.07) is 20.7. The highest BCUT2D eigenvalue weighted by atomic mass is 32.2. The molecule has 3 aromatic carbocycles. The largest absolute Gasteiger partial charge is 0.337 e. The molecule has 0 atom stereocenters. The van der Waals surface area contributed by atoms with Crippen LogP contribution in [0.3, 0.4) is 0 Å². The summed E-state index contributed by atoms with van der Waals surface area (Å²) in [6.45, 7) is 0. The van der Waals surface area contributed by atoms with Crippen molar-refractivity contribution < 1.29 is 4.79 Å². The minimum atomic E-state index is 0.178. The lowest BCUT2D eigenvalue weighted by Gasteiger charge is -2.17. The summed E-state index contributed by atoms with van der Waals surface area (Å²) >= 11 is 1.72. The number of rotatable bonds is 0. The lowest BCUT2D eigenvalue weighted by Crippen LogP contribution is -2.14. The van der Waals surface area contributed by atoms with Gasteiger partial charge in [0.25, 0.3) is 0 Å². The van der Waals surface area contributed by atoms with E-state index >= 15 is 0 Å². The third-order valence-electron chi connectivity index (χ3n) is 4.87. The molecule has 2 nitrogen and oxygen atoms in total. The maximum Gasteiger partial charge on any atom is 0.192 e. The molecule has 3 aromatic rings. The third-order valence-corrected chi connectivity index (χ3v) is 6.13. The van der Waals surface area contributed by atoms with E-state index in [4.69, 9.17) is 0 Å². The van der Waals surface area contributed by atoms with Gasteiger partial charge in [0.2, 0.25) is 0 Å². The Labute approximate surface area is 144 Å². The number of carbonyl (C=O) groups is 1. The Hall–Kier alpha value is -2.52. The summed E-state index contributed by atoms with van der Waals surface area (Å²) in [5.41, 5.74) is 4.13. The molecule has 116 valence electrons. The van der Waals surface area contributed by atoms with E-state index in [0.717, 1.165) is 28.1 Å². The fraction of sp³-hybridized carbons (Fsp3) is 0.0952. The second kappa shape index (κ2) is 4.99. The van der Waals surface area contributed by atoms with E-state index in [0.29, 0.717) is 0 Å². The van der Waals surface area contributed by atoms with Crippen molar-refractivity contribution in [2.45, 2.75) is 11.3 Å². The van der Waals surface area contributed by atoms with Crippen LogP contribution < -0.4 is 4.90 Å². The van der Waals surface area contributed by atoms with Crippen LogP contribution in [0.25, 0.3) is 10.8 Å². The van der Waals surface area contributed by atoms with Crippen LogP contribution in [0.15, 0.2) is 76.2 Å². The van der Waals surface area contributed by atoms with Gasteiger partial charge in [-0.15, -0.1) is 0 Å². The molecule has 0 radical (unpaired) electrons. The van der Waals surface area contributed by atoms with Crippen LogP contribution in [-0.2, 0) is 6.42 Å². The summed E-state index contributed by atoms with van der Waals surface area (Å²) in [5.74, 6) is 0.178. The van der Waals surface area contributed by atoms with E-state index in [1.165, 1.54) is 21.4 Å². The number of carbonyl (C=O) groups excluding carboxylic acids is 1. The molecule has 2 aliphatic rings. The van der Waals surface area contributed by atoms with Gasteiger partial charge in [-0.05, 0) is 17.0 Å². The average molecular weight is 329 g/mol. The molecular formula is C21H15NOS. The first kappa shape index (κ1) is 13.9. The van der Waals surface area contributed by atoms with E-state index in [1.54, 1.807) is 11.8 Å². The number of ketones is 1. The Bertz CT molecular complexity index is 1050. The van der Waals surface area contributed by atoms with Gasteiger partial charge in [0.05, 0.1) is 10.7 Å². The molecule has 0 fully saturated rings. The quantitative estimate of drug-likeness (QED) is 0.539. The minimum Gasteiger partial charge on any atom is -0.337 e. The van der Waals surface area contributed by atoms with Crippen molar-refractivity contribution in [2.24, 2.45) is 0 Å². The Morgan fingerprint density at radius 3 is 2.62 bits per heavy atom. The number of fused-ring (bicyclic) bond motifs is 4. The molecule has 1 aliphatic carbocycles. The van der Waals surface area contributed by atoms with Gasteiger partial charge >= 0.3 is 0 Å². The Balaban J connectivity index is 1.68. The van der Waals surface area contributed by atoms with Crippen LogP contribution in [0.2, 0.25) is 0 Å². The Kier molecular flexibility index (Phi) is 2.88. The minimum absolute atomic E-state index is 0.178. The molecule has 1 aliphatic heterocycles.